The van der Waals surface area contributed by atoms with Gasteiger partial charge < -0.3 is 10.1 Å². The van der Waals surface area contributed by atoms with Crippen LogP contribution in [-0.4, -0.2) is 26.2 Å². The first-order chi connectivity index (χ1) is 5.72. The first-order valence-corrected chi connectivity index (χ1v) is 4.46. The summed E-state index contributed by atoms with van der Waals surface area (Å²) in [6.45, 7) is 0. The quantitative estimate of drug-likeness (QED) is 0.655. The highest BCUT2D eigenvalue weighted by Crippen LogP contribution is 2.64. The normalized spacial score (nSPS) is 43.8. The van der Waals surface area contributed by atoms with Crippen molar-refractivity contribution in [3.05, 3.63) is 0 Å². The lowest BCUT2D eigenvalue weighted by Crippen LogP contribution is -2.39. The van der Waals surface area contributed by atoms with E-state index >= 15 is 0 Å². The molecule has 0 heterocycles. The van der Waals surface area contributed by atoms with Crippen LogP contribution < -0.4 is 5.32 Å². The second-order valence-electron chi connectivity index (χ2n) is 4.01. The number of carbonyl (C=O) groups is 1. The SMILES string of the molecule is CNC(=O)C1CC2(C1)CC2OC. The van der Waals surface area contributed by atoms with Crippen LogP contribution in [0.25, 0.3) is 0 Å². The first kappa shape index (κ1) is 8.05. The Balaban J connectivity index is 1.81. The summed E-state index contributed by atoms with van der Waals surface area (Å²) >= 11 is 0. The highest BCUT2D eigenvalue weighted by Gasteiger charge is 2.63. The lowest BCUT2D eigenvalue weighted by Gasteiger charge is -2.34. The molecule has 0 saturated heterocycles. The Morgan fingerprint density at radius 1 is 1.50 bits per heavy atom. The summed E-state index contributed by atoms with van der Waals surface area (Å²) in [5.74, 6) is 0.456. The van der Waals surface area contributed by atoms with Crippen LogP contribution in [0.5, 0.6) is 0 Å². The fourth-order valence-electron chi connectivity index (χ4n) is 2.38. The number of ether oxygens (including phenoxy) is 1. The van der Waals surface area contributed by atoms with Crippen molar-refractivity contribution >= 4 is 5.91 Å². The molecular formula is C9H15NO2. The zero-order chi connectivity index (χ0) is 8.77. The molecule has 0 bridgehead atoms. The molecule has 1 unspecified atom stereocenters. The molecule has 2 fully saturated rings. The Labute approximate surface area is 72.5 Å². The maximum atomic E-state index is 11.2. The zero-order valence-corrected chi connectivity index (χ0v) is 7.59. The minimum Gasteiger partial charge on any atom is -0.381 e. The van der Waals surface area contributed by atoms with Gasteiger partial charge in [0.25, 0.3) is 0 Å². The molecule has 2 aliphatic rings. The molecule has 68 valence electrons. The number of rotatable bonds is 2. The van der Waals surface area contributed by atoms with Gasteiger partial charge in [0.1, 0.15) is 0 Å². The molecule has 3 heteroatoms. The van der Waals surface area contributed by atoms with Crippen molar-refractivity contribution in [2.24, 2.45) is 11.3 Å². The third kappa shape index (κ3) is 0.959. The maximum absolute atomic E-state index is 11.2. The van der Waals surface area contributed by atoms with Crippen LogP contribution >= 0.6 is 0 Å². The highest BCUT2D eigenvalue weighted by atomic mass is 16.5. The molecule has 0 radical (unpaired) electrons. The molecule has 0 aliphatic heterocycles. The van der Waals surface area contributed by atoms with Crippen molar-refractivity contribution in [2.75, 3.05) is 14.2 Å². The van der Waals surface area contributed by atoms with Gasteiger partial charge >= 0.3 is 0 Å². The third-order valence-electron chi connectivity index (χ3n) is 3.32. The van der Waals surface area contributed by atoms with Crippen LogP contribution in [0.2, 0.25) is 0 Å². The molecule has 1 spiro atoms. The maximum Gasteiger partial charge on any atom is 0.222 e. The summed E-state index contributed by atoms with van der Waals surface area (Å²) in [4.78, 5) is 11.2. The predicted molar refractivity (Wildman–Crippen MR) is 44.6 cm³/mol. The number of nitrogens with one attached hydrogen (secondary N) is 1. The van der Waals surface area contributed by atoms with Crippen molar-refractivity contribution in [3.63, 3.8) is 0 Å². The molecule has 0 aromatic heterocycles. The largest absolute Gasteiger partial charge is 0.381 e. The lowest BCUT2D eigenvalue weighted by atomic mass is 9.71. The topological polar surface area (TPSA) is 38.3 Å². The third-order valence-corrected chi connectivity index (χ3v) is 3.32. The standard InChI is InChI=1S/C9H15NO2/c1-10-8(11)6-3-9(4-6)5-7(9)12-2/h6-7H,3-5H2,1-2H3,(H,10,11). The van der Waals surface area contributed by atoms with E-state index in [0.717, 1.165) is 19.3 Å². The summed E-state index contributed by atoms with van der Waals surface area (Å²) in [5, 5.41) is 2.69. The van der Waals surface area contributed by atoms with Gasteiger partial charge in [0.15, 0.2) is 0 Å². The van der Waals surface area contributed by atoms with Gasteiger partial charge in [-0.15, -0.1) is 0 Å². The van der Waals surface area contributed by atoms with Gasteiger partial charge in [0, 0.05) is 25.5 Å². The summed E-state index contributed by atoms with van der Waals surface area (Å²) < 4.78 is 5.25. The fraction of sp³-hybridized carbons (Fsp3) is 0.889. The fourth-order valence-corrected chi connectivity index (χ4v) is 2.38. The molecule has 2 aliphatic carbocycles. The van der Waals surface area contributed by atoms with Crippen molar-refractivity contribution in [1.82, 2.24) is 5.32 Å². The van der Waals surface area contributed by atoms with E-state index in [2.05, 4.69) is 5.32 Å². The lowest BCUT2D eigenvalue weighted by molar-refractivity contribution is -0.130. The van der Waals surface area contributed by atoms with E-state index in [1.807, 2.05) is 0 Å². The van der Waals surface area contributed by atoms with Crippen LogP contribution in [0.15, 0.2) is 0 Å². The van der Waals surface area contributed by atoms with Crippen molar-refractivity contribution in [3.8, 4) is 0 Å². The molecule has 2 saturated carbocycles. The molecule has 1 N–H and O–H groups in total. The molecule has 1 atom stereocenters. The van der Waals surface area contributed by atoms with Gasteiger partial charge in [-0.2, -0.15) is 0 Å². The Morgan fingerprint density at radius 3 is 2.58 bits per heavy atom. The summed E-state index contributed by atoms with van der Waals surface area (Å²) in [6.07, 6.45) is 3.67. The van der Waals surface area contributed by atoms with Crippen molar-refractivity contribution in [1.29, 1.82) is 0 Å². The van der Waals surface area contributed by atoms with E-state index in [0.29, 0.717) is 11.5 Å². The van der Waals surface area contributed by atoms with Gasteiger partial charge in [0.05, 0.1) is 6.10 Å². The minimum atomic E-state index is 0.197. The molecule has 0 aromatic rings. The molecule has 12 heavy (non-hydrogen) atoms. The van der Waals surface area contributed by atoms with Gasteiger partial charge in [-0.3, -0.25) is 4.79 Å². The van der Waals surface area contributed by atoms with Gasteiger partial charge in [0.2, 0.25) is 5.91 Å². The van der Waals surface area contributed by atoms with Gasteiger partial charge in [-0.25, -0.2) is 0 Å². The van der Waals surface area contributed by atoms with Crippen LogP contribution in [0.3, 0.4) is 0 Å². The van der Waals surface area contributed by atoms with Gasteiger partial charge in [-0.1, -0.05) is 0 Å². The number of carbonyl (C=O) groups excluding carboxylic acids is 1. The van der Waals surface area contributed by atoms with E-state index in [9.17, 15) is 4.79 Å². The monoisotopic (exact) mass is 169 g/mol. The Kier molecular flexibility index (Phi) is 1.65. The van der Waals surface area contributed by atoms with Crippen molar-refractivity contribution in [2.45, 2.75) is 25.4 Å². The average molecular weight is 169 g/mol. The Morgan fingerprint density at radius 2 is 2.17 bits per heavy atom. The number of methoxy groups -OCH3 is 1. The number of hydrogen-bond donors (Lipinski definition) is 1. The zero-order valence-electron chi connectivity index (χ0n) is 7.59. The summed E-state index contributed by atoms with van der Waals surface area (Å²) in [5.41, 5.74) is 0.409. The van der Waals surface area contributed by atoms with Gasteiger partial charge in [-0.05, 0) is 19.3 Å². The summed E-state index contributed by atoms with van der Waals surface area (Å²) in [6, 6.07) is 0. The highest BCUT2D eigenvalue weighted by molar-refractivity contribution is 5.79. The van der Waals surface area contributed by atoms with E-state index in [1.54, 1.807) is 14.2 Å². The molecule has 3 nitrogen and oxygen atoms in total. The smallest absolute Gasteiger partial charge is 0.222 e. The Bertz CT molecular complexity index is 209. The van der Waals surface area contributed by atoms with Crippen LogP contribution in [-0.2, 0) is 9.53 Å². The Hall–Kier alpha value is -0.570. The summed E-state index contributed by atoms with van der Waals surface area (Å²) in [7, 11) is 3.46. The first-order valence-electron chi connectivity index (χ1n) is 4.46. The second-order valence-corrected chi connectivity index (χ2v) is 4.01. The van der Waals surface area contributed by atoms with E-state index in [1.165, 1.54) is 0 Å². The van der Waals surface area contributed by atoms with E-state index in [4.69, 9.17) is 4.74 Å². The van der Waals surface area contributed by atoms with Crippen LogP contribution in [0.4, 0.5) is 0 Å². The second kappa shape index (κ2) is 2.46. The van der Waals surface area contributed by atoms with E-state index in [-0.39, 0.29) is 11.8 Å². The molecule has 1 amide bonds. The number of amides is 1. The minimum absolute atomic E-state index is 0.197. The van der Waals surface area contributed by atoms with Crippen molar-refractivity contribution < 1.29 is 9.53 Å². The number of hydrogen-bond acceptors (Lipinski definition) is 2. The van der Waals surface area contributed by atoms with Crippen LogP contribution in [0, 0.1) is 11.3 Å². The molecule has 0 aromatic carbocycles. The molecular weight excluding hydrogens is 154 g/mol. The van der Waals surface area contributed by atoms with Crippen LogP contribution in [0.1, 0.15) is 19.3 Å². The molecule has 2 rings (SSSR count). The van der Waals surface area contributed by atoms with E-state index < -0.39 is 0 Å². The predicted octanol–water partition coefficient (Wildman–Crippen LogP) is 0.547. The average Bonchev–Trinajstić information content (AvgIpc) is 2.74.